The lowest BCUT2D eigenvalue weighted by Crippen LogP contribution is -2.29. The lowest BCUT2D eigenvalue weighted by Gasteiger charge is -2.10. The van der Waals surface area contributed by atoms with Gasteiger partial charge in [-0.3, -0.25) is 9.44 Å². The summed E-state index contributed by atoms with van der Waals surface area (Å²) >= 11 is 0. The van der Waals surface area contributed by atoms with Gasteiger partial charge in [0.05, 0.1) is 11.4 Å². The fourth-order valence-electron chi connectivity index (χ4n) is 1.08. The molecule has 0 saturated carbocycles. The van der Waals surface area contributed by atoms with Gasteiger partial charge in [-0.2, -0.15) is 8.42 Å². The van der Waals surface area contributed by atoms with Crippen molar-refractivity contribution >= 4 is 15.9 Å². The van der Waals surface area contributed by atoms with E-state index in [1.54, 1.807) is 30.3 Å². The van der Waals surface area contributed by atoms with Crippen LogP contribution >= 0.6 is 0 Å². The minimum atomic E-state index is -3.86. The summed E-state index contributed by atoms with van der Waals surface area (Å²) in [6.45, 7) is 4.46. The van der Waals surface area contributed by atoms with Crippen LogP contribution < -0.4 is 9.44 Å². The molecule has 92 valence electrons. The molecule has 0 aliphatic heterocycles. The highest BCUT2D eigenvalue weighted by Gasteiger charge is 2.11. The second kappa shape index (κ2) is 5.49. The molecule has 0 heterocycles. The van der Waals surface area contributed by atoms with E-state index in [2.05, 4.69) is 11.3 Å². The van der Waals surface area contributed by atoms with Crippen LogP contribution in [0.2, 0.25) is 0 Å². The number of hydrogen-bond donors (Lipinski definition) is 2. The maximum absolute atomic E-state index is 12.9. The number of nitrogens with one attached hydrogen (secondary N) is 2. The Bertz CT molecular complexity index is 520. The molecule has 0 radical (unpaired) electrons. The van der Waals surface area contributed by atoms with Gasteiger partial charge in [0.1, 0.15) is 5.83 Å². The summed E-state index contributed by atoms with van der Waals surface area (Å²) in [5.74, 6) is -0.654. The van der Waals surface area contributed by atoms with Crippen molar-refractivity contribution in [3.63, 3.8) is 0 Å². The Labute approximate surface area is 100 Å². The Balaban J connectivity index is 2.84. The van der Waals surface area contributed by atoms with Crippen molar-refractivity contribution in [2.75, 3.05) is 4.72 Å². The van der Waals surface area contributed by atoms with Gasteiger partial charge in [0, 0.05) is 0 Å². The number of benzene rings is 1. The standard InChI is InChI=1S/C11H13FN2O2S/c1-3-11(9(2)12)14-17(15,16)13-10-7-5-4-6-8-10/h3-8,13-14H,1H2,2H3/b11-9-. The van der Waals surface area contributed by atoms with Crippen LogP contribution in [0.4, 0.5) is 10.1 Å². The van der Waals surface area contributed by atoms with Crippen molar-refractivity contribution in [2.45, 2.75) is 6.92 Å². The van der Waals surface area contributed by atoms with Gasteiger partial charge in [0.25, 0.3) is 0 Å². The van der Waals surface area contributed by atoms with Crippen LogP contribution in [0.25, 0.3) is 0 Å². The Morgan fingerprint density at radius 2 is 1.94 bits per heavy atom. The SMILES string of the molecule is C=C/C(NS(=O)(=O)Nc1ccccc1)=C(\C)F. The predicted octanol–water partition coefficient (Wildman–Crippen LogP) is 2.32. The zero-order valence-corrected chi connectivity index (χ0v) is 10.1. The van der Waals surface area contributed by atoms with Crippen molar-refractivity contribution in [2.24, 2.45) is 0 Å². The molecule has 0 spiro atoms. The molecule has 1 rings (SSSR count). The molecule has 0 amide bonds. The first kappa shape index (κ1) is 13.2. The van der Waals surface area contributed by atoms with Gasteiger partial charge in [-0.1, -0.05) is 24.8 Å². The Kier molecular flexibility index (Phi) is 4.28. The van der Waals surface area contributed by atoms with Crippen LogP contribution in [-0.2, 0) is 10.2 Å². The van der Waals surface area contributed by atoms with Crippen molar-refractivity contribution in [3.8, 4) is 0 Å². The molecule has 1 aromatic carbocycles. The lowest BCUT2D eigenvalue weighted by molar-refractivity contribution is 0.587. The molecule has 0 atom stereocenters. The summed E-state index contributed by atoms with van der Waals surface area (Å²) < 4.78 is 40.4. The zero-order chi connectivity index (χ0) is 12.9. The largest absolute Gasteiger partial charge is 0.321 e. The molecule has 0 aliphatic carbocycles. The molecule has 0 aliphatic rings. The number of allylic oxidation sites excluding steroid dienone is 2. The second-order valence-corrected chi connectivity index (χ2v) is 4.64. The molecule has 0 bridgehead atoms. The van der Waals surface area contributed by atoms with Crippen LogP contribution in [0, 0.1) is 0 Å². The van der Waals surface area contributed by atoms with Crippen molar-refractivity contribution in [1.82, 2.24) is 4.72 Å². The van der Waals surface area contributed by atoms with Gasteiger partial charge in [-0.25, -0.2) is 4.39 Å². The van der Waals surface area contributed by atoms with E-state index < -0.39 is 16.0 Å². The summed E-state index contributed by atoms with van der Waals surface area (Å²) in [5, 5.41) is 0. The van der Waals surface area contributed by atoms with Crippen molar-refractivity contribution in [1.29, 1.82) is 0 Å². The van der Waals surface area contributed by atoms with E-state index in [1.165, 1.54) is 0 Å². The number of rotatable bonds is 5. The normalized spacial score (nSPS) is 12.6. The number of anilines is 1. The summed E-state index contributed by atoms with van der Waals surface area (Å²) in [7, 11) is -3.86. The quantitative estimate of drug-likeness (QED) is 0.794. The Hall–Kier alpha value is -1.82. The molecule has 0 saturated heterocycles. The first-order valence-electron chi connectivity index (χ1n) is 4.79. The maximum Gasteiger partial charge on any atom is 0.321 e. The molecule has 4 nitrogen and oxygen atoms in total. The molecule has 0 aromatic heterocycles. The highest BCUT2D eigenvalue weighted by Crippen LogP contribution is 2.09. The molecule has 1 aromatic rings. The fourth-order valence-corrected chi connectivity index (χ4v) is 2.10. The van der Waals surface area contributed by atoms with E-state index in [-0.39, 0.29) is 5.70 Å². The summed E-state index contributed by atoms with van der Waals surface area (Å²) in [5.41, 5.74) is 0.202. The van der Waals surface area contributed by atoms with E-state index in [1.807, 2.05) is 4.72 Å². The zero-order valence-electron chi connectivity index (χ0n) is 9.27. The highest BCUT2D eigenvalue weighted by atomic mass is 32.2. The summed E-state index contributed by atoms with van der Waals surface area (Å²) in [6.07, 6.45) is 1.10. The molecular weight excluding hydrogens is 243 g/mol. The lowest BCUT2D eigenvalue weighted by atomic mass is 10.3. The van der Waals surface area contributed by atoms with Crippen LogP contribution in [0.3, 0.4) is 0 Å². The van der Waals surface area contributed by atoms with Gasteiger partial charge >= 0.3 is 10.2 Å². The fraction of sp³-hybridized carbons (Fsp3) is 0.0909. The highest BCUT2D eigenvalue weighted by molar-refractivity contribution is 7.90. The summed E-state index contributed by atoms with van der Waals surface area (Å²) in [6, 6.07) is 8.29. The van der Waals surface area contributed by atoms with Gasteiger partial charge in [0.15, 0.2) is 0 Å². The van der Waals surface area contributed by atoms with Gasteiger partial charge < -0.3 is 0 Å². The van der Waals surface area contributed by atoms with Crippen LogP contribution in [0.5, 0.6) is 0 Å². The third-order valence-electron chi connectivity index (χ3n) is 1.85. The van der Waals surface area contributed by atoms with E-state index in [4.69, 9.17) is 0 Å². The van der Waals surface area contributed by atoms with E-state index >= 15 is 0 Å². The summed E-state index contributed by atoms with van der Waals surface area (Å²) in [4.78, 5) is 0. The third-order valence-corrected chi connectivity index (χ3v) is 2.84. The molecule has 17 heavy (non-hydrogen) atoms. The van der Waals surface area contributed by atoms with Crippen molar-refractivity contribution in [3.05, 3.63) is 54.5 Å². The van der Waals surface area contributed by atoms with Crippen molar-refractivity contribution < 1.29 is 12.8 Å². The molecule has 2 N–H and O–H groups in total. The van der Waals surface area contributed by atoms with E-state index in [9.17, 15) is 12.8 Å². The van der Waals surface area contributed by atoms with Gasteiger partial charge in [-0.15, -0.1) is 0 Å². The number of para-hydroxylation sites is 1. The average Bonchev–Trinajstić information content (AvgIpc) is 2.26. The smallest absolute Gasteiger partial charge is 0.267 e. The minimum absolute atomic E-state index is 0.187. The van der Waals surface area contributed by atoms with Crippen LogP contribution in [0.1, 0.15) is 6.92 Å². The monoisotopic (exact) mass is 256 g/mol. The molecular formula is C11H13FN2O2S. The van der Waals surface area contributed by atoms with Gasteiger partial charge in [-0.05, 0) is 25.1 Å². The Morgan fingerprint density at radius 1 is 1.35 bits per heavy atom. The first-order chi connectivity index (χ1) is 7.94. The Morgan fingerprint density at radius 3 is 2.41 bits per heavy atom. The van der Waals surface area contributed by atoms with E-state index in [0.29, 0.717) is 5.69 Å². The average molecular weight is 256 g/mol. The maximum atomic E-state index is 12.9. The minimum Gasteiger partial charge on any atom is -0.267 e. The third kappa shape index (κ3) is 4.28. The van der Waals surface area contributed by atoms with Crippen LogP contribution in [-0.4, -0.2) is 8.42 Å². The second-order valence-electron chi connectivity index (χ2n) is 3.22. The topological polar surface area (TPSA) is 58.2 Å². The van der Waals surface area contributed by atoms with Gasteiger partial charge in [0.2, 0.25) is 0 Å². The predicted molar refractivity (Wildman–Crippen MR) is 66.1 cm³/mol. The molecule has 0 unspecified atom stereocenters. The van der Waals surface area contributed by atoms with E-state index in [0.717, 1.165) is 13.0 Å². The molecule has 0 fully saturated rings. The number of halogens is 1. The first-order valence-corrected chi connectivity index (χ1v) is 6.27. The number of hydrogen-bond acceptors (Lipinski definition) is 2. The molecule has 6 heteroatoms. The van der Waals surface area contributed by atoms with Crippen LogP contribution in [0.15, 0.2) is 54.5 Å².